The van der Waals surface area contributed by atoms with Crippen molar-refractivity contribution >= 4 is 28.4 Å². The maximum absolute atomic E-state index is 12.2. The Morgan fingerprint density at radius 2 is 2.00 bits per heavy atom. The Morgan fingerprint density at radius 1 is 1.50 bits per heavy atom. The average Bonchev–Trinajstić information content (AvgIpc) is 2.32. The summed E-state index contributed by atoms with van der Waals surface area (Å²) in [5.41, 5.74) is -0.245. The van der Waals surface area contributed by atoms with Crippen molar-refractivity contribution in [1.82, 2.24) is 0 Å². The molecule has 1 nitrogen and oxygen atoms in total. The Balaban J connectivity index is 2.73. The van der Waals surface area contributed by atoms with Crippen molar-refractivity contribution in [3.05, 3.63) is 11.4 Å². The zero-order chi connectivity index (χ0) is 9.52. The molecule has 1 saturated carbocycles. The fraction of sp³-hybridized carbons (Fsp3) is 0.625. The fourth-order valence-corrected chi connectivity index (χ4v) is 2.11. The zero-order valence-electron chi connectivity index (χ0n) is 6.77. The standard InChI is InChI=1S/C8H9Cl2FO/c1-8(2)4(3-5(9)11)6(8)7(10)12/h3-4,6H,1-2H3/b5-3-/t4-,6-/m0/s1. The summed E-state index contributed by atoms with van der Waals surface area (Å²) in [6.07, 6.45) is 1.24. The monoisotopic (exact) mass is 210 g/mol. The topological polar surface area (TPSA) is 17.1 Å². The molecule has 0 aromatic heterocycles. The number of halogens is 3. The quantitative estimate of drug-likeness (QED) is 0.641. The van der Waals surface area contributed by atoms with Crippen LogP contribution in [0.1, 0.15) is 13.8 Å². The van der Waals surface area contributed by atoms with E-state index >= 15 is 0 Å². The molecule has 0 heterocycles. The second-order valence-corrected chi connectivity index (χ2v) is 4.32. The van der Waals surface area contributed by atoms with Gasteiger partial charge in [0.05, 0.1) is 0 Å². The van der Waals surface area contributed by atoms with Crippen molar-refractivity contribution in [2.45, 2.75) is 13.8 Å². The molecule has 0 bridgehead atoms. The Labute approximate surface area is 80.5 Å². The molecule has 1 aliphatic carbocycles. The van der Waals surface area contributed by atoms with Crippen LogP contribution in [0.15, 0.2) is 11.4 Å². The van der Waals surface area contributed by atoms with E-state index in [9.17, 15) is 9.18 Å². The maximum Gasteiger partial charge on any atom is 0.225 e. The molecule has 0 radical (unpaired) electrons. The van der Waals surface area contributed by atoms with Crippen molar-refractivity contribution in [1.29, 1.82) is 0 Å². The van der Waals surface area contributed by atoms with Crippen LogP contribution in [-0.2, 0) is 4.79 Å². The summed E-state index contributed by atoms with van der Waals surface area (Å²) in [5.74, 6) is -0.441. The van der Waals surface area contributed by atoms with E-state index in [0.717, 1.165) is 0 Å². The molecule has 0 N–H and O–H groups in total. The van der Waals surface area contributed by atoms with Crippen LogP contribution in [0.3, 0.4) is 0 Å². The molecule has 1 rings (SSSR count). The number of hydrogen-bond donors (Lipinski definition) is 0. The van der Waals surface area contributed by atoms with E-state index in [1.165, 1.54) is 6.08 Å². The lowest BCUT2D eigenvalue weighted by Gasteiger charge is -1.95. The summed E-state index contributed by atoms with van der Waals surface area (Å²) < 4.78 is 12.2. The molecule has 0 spiro atoms. The third-order valence-electron chi connectivity index (χ3n) is 2.46. The highest BCUT2D eigenvalue weighted by atomic mass is 35.5. The number of carbonyl (C=O) groups excluding carboxylic acids is 1. The Kier molecular flexibility index (Phi) is 2.50. The van der Waals surface area contributed by atoms with E-state index in [-0.39, 0.29) is 17.3 Å². The van der Waals surface area contributed by atoms with E-state index in [0.29, 0.717) is 0 Å². The second-order valence-electron chi connectivity index (χ2n) is 3.59. The van der Waals surface area contributed by atoms with E-state index in [1.54, 1.807) is 0 Å². The number of hydrogen-bond acceptors (Lipinski definition) is 1. The number of rotatable bonds is 2. The normalized spacial score (nSPS) is 33.2. The van der Waals surface area contributed by atoms with Crippen LogP contribution >= 0.6 is 23.2 Å². The Hall–Kier alpha value is -0.0800. The predicted octanol–water partition coefficient (Wildman–Crippen LogP) is 3.07. The van der Waals surface area contributed by atoms with Crippen LogP contribution < -0.4 is 0 Å². The predicted molar refractivity (Wildman–Crippen MR) is 46.7 cm³/mol. The molecule has 68 valence electrons. The number of allylic oxidation sites excluding steroid dienone is 1. The molecule has 0 unspecified atom stereocenters. The van der Waals surface area contributed by atoms with E-state index < -0.39 is 10.5 Å². The van der Waals surface area contributed by atoms with Crippen LogP contribution in [0.2, 0.25) is 0 Å². The van der Waals surface area contributed by atoms with Crippen molar-refractivity contribution in [2.75, 3.05) is 0 Å². The smallest absolute Gasteiger partial charge is 0.225 e. The highest BCUT2D eigenvalue weighted by Gasteiger charge is 2.60. The van der Waals surface area contributed by atoms with Gasteiger partial charge in [0.15, 0.2) is 5.29 Å². The van der Waals surface area contributed by atoms with Gasteiger partial charge in [0.1, 0.15) is 0 Å². The van der Waals surface area contributed by atoms with Crippen LogP contribution in [0, 0.1) is 17.3 Å². The molecule has 2 atom stereocenters. The molecule has 12 heavy (non-hydrogen) atoms. The van der Waals surface area contributed by atoms with Gasteiger partial charge in [0, 0.05) is 5.92 Å². The van der Waals surface area contributed by atoms with E-state index in [4.69, 9.17) is 23.2 Å². The van der Waals surface area contributed by atoms with Gasteiger partial charge < -0.3 is 0 Å². The molecule has 0 saturated heterocycles. The van der Waals surface area contributed by atoms with Crippen molar-refractivity contribution in [3.8, 4) is 0 Å². The van der Waals surface area contributed by atoms with Gasteiger partial charge in [-0.05, 0) is 29.0 Å². The lowest BCUT2D eigenvalue weighted by molar-refractivity contribution is -0.113. The first-order valence-corrected chi connectivity index (χ1v) is 4.35. The Morgan fingerprint density at radius 3 is 2.25 bits per heavy atom. The summed E-state index contributed by atoms with van der Waals surface area (Å²) in [5, 5.41) is -1.19. The Bertz CT molecular complexity index is 243. The maximum atomic E-state index is 12.2. The fourth-order valence-electron chi connectivity index (χ4n) is 1.56. The van der Waals surface area contributed by atoms with Crippen LogP contribution in [0.4, 0.5) is 4.39 Å². The third kappa shape index (κ3) is 1.64. The van der Waals surface area contributed by atoms with Gasteiger partial charge >= 0.3 is 0 Å². The highest BCUT2D eigenvalue weighted by molar-refractivity contribution is 6.64. The molecule has 0 aromatic carbocycles. The molecular formula is C8H9Cl2FO. The van der Waals surface area contributed by atoms with Crippen LogP contribution in [0.25, 0.3) is 0 Å². The van der Waals surface area contributed by atoms with Crippen LogP contribution in [-0.4, -0.2) is 5.24 Å². The first kappa shape index (κ1) is 10.0. The van der Waals surface area contributed by atoms with Gasteiger partial charge in [-0.1, -0.05) is 25.4 Å². The van der Waals surface area contributed by atoms with Gasteiger partial charge in [0.2, 0.25) is 5.24 Å². The summed E-state index contributed by atoms with van der Waals surface area (Å²) in [6.45, 7) is 3.72. The van der Waals surface area contributed by atoms with Gasteiger partial charge in [-0.15, -0.1) is 0 Å². The lowest BCUT2D eigenvalue weighted by atomic mass is 10.1. The summed E-state index contributed by atoms with van der Waals surface area (Å²) >= 11 is 10.4. The van der Waals surface area contributed by atoms with Crippen molar-refractivity contribution < 1.29 is 9.18 Å². The minimum Gasteiger partial charge on any atom is -0.281 e. The third-order valence-corrected chi connectivity index (χ3v) is 2.82. The van der Waals surface area contributed by atoms with Gasteiger partial charge in [0.25, 0.3) is 0 Å². The van der Waals surface area contributed by atoms with Crippen molar-refractivity contribution in [2.24, 2.45) is 17.3 Å². The molecule has 0 amide bonds. The minimum absolute atomic E-state index is 0.153. The molecular weight excluding hydrogens is 202 g/mol. The average molecular weight is 211 g/mol. The summed E-state index contributed by atoms with van der Waals surface area (Å²) in [4.78, 5) is 10.8. The molecule has 0 aliphatic heterocycles. The first-order valence-electron chi connectivity index (χ1n) is 3.59. The summed E-state index contributed by atoms with van der Waals surface area (Å²) in [7, 11) is 0. The van der Waals surface area contributed by atoms with Crippen LogP contribution in [0.5, 0.6) is 0 Å². The zero-order valence-corrected chi connectivity index (χ0v) is 8.29. The molecule has 1 fully saturated rings. The van der Waals surface area contributed by atoms with E-state index in [1.807, 2.05) is 13.8 Å². The lowest BCUT2D eigenvalue weighted by Crippen LogP contribution is -1.96. The molecule has 4 heteroatoms. The largest absolute Gasteiger partial charge is 0.281 e. The SMILES string of the molecule is CC1(C)[C@H](C(=O)Cl)[C@@H]1/C=C(\F)Cl. The van der Waals surface area contributed by atoms with Gasteiger partial charge in [-0.3, -0.25) is 4.79 Å². The highest BCUT2D eigenvalue weighted by Crippen LogP contribution is 2.60. The van der Waals surface area contributed by atoms with E-state index in [2.05, 4.69) is 0 Å². The molecule has 0 aromatic rings. The van der Waals surface area contributed by atoms with Gasteiger partial charge in [-0.25, -0.2) is 0 Å². The van der Waals surface area contributed by atoms with Gasteiger partial charge in [-0.2, -0.15) is 4.39 Å². The summed E-state index contributed by atoms with van der Waals surface area (Å²) in [6, 6.07) is 0. The first-order chi connectivity index (χ1) is 5.37. The molecule has 1 aliphatic rings. The minimum atomic E-state index is -0.770. The van der Waals surface area contributed by atoms with Crippen molar-refractivity contribution in [3.63, 3.8) is 0 Å². The second kappa shape index (κ2) is 3.00. The number of carbonyl (C=O) groups is 1.